The predicted molar refractivity (Wildman–Crippen MR) is 105 cm³/mol. The summed E-state index contributed by atoms with van der Waals surface area (Å²) in [6.07, 6.45) is 2.84. The molecule has 0 saturated heterocycles. The number of imide groups is 1. The Morgan fingerprint density at radius 1 is 1.19 bits per heavy atom. The Bertz CT molecular complexity index is 889. The number of carbonyl (C=O) groups is 2. The minimum atomic E-state index is -1.40. The fourth-order valence-corrected chi connectivity index (χ4v) is 3.29. The first-order chi connectivity index (χ1) is 12.2. The van der Waals surface area contributed by atoms with Crippen LogP contribution in [-0.2, 0) is 11.4 Å². The van der Waals surface area contributed by atoms with Gasteiger partial charge in [-0.15, -0.1) is 0 Å². The van der Waals surface area contributed by atoms with Crippen LogP contribution in [0.5, 0.6) is 0 Å². The van der Waals surface area contributed by atoms with E-state index >= 15 is 0 Å². The molecule has 0 fully saturated rings. The third kappa shape index (κ3) is 3.44. The lowest BCUT2D eigenvalue weighted by molar-refractivity contribution is 0.0926. The van der Waals surface area contributed by atoms with Crippen LogP contribution in [0.3, 0.4) is 0 Å². The van der Waals surface area contributed by atoms with E-state index in [0.29, 0.717) is 27.0 Å². The van der Waals surface area contributed by atoms with Gasteiger partial charge in [0.15, 0.2) is 0 Å². The molecule has 26 heavy (non-hydrogen) atoms. The minimum absolute atomic E-state index is 0.358. The molecule has 1 unspecified atom stereocenters. The Kier molecular flexibility index (Phi) is 5.01. The zero-order chi connectivity index (χ0) is 19.1. The van der Waals surface area contributed by atoms with Crippen LogP contribution in [0.4, 0.5) is 5.69 Å². The third-order valence-electron chi connectivity index (χ3n) is 3.70. The molecule has 2 heterocycles. The lowest BCUT2D eigenvalue weighted by Gasteiger charge is -2.17. The van der Waals surface area contributed by atoms with E-state index in [9.17, 15) is 14.1 Å². The number of anilines is 1. The average Bonchev–Trinajstić information content (AvgIpc) is 2.84. The van der Waals surface area contributed by atoms with Crippen LogP contribution in [0.15, 0.2) is 45.4 Å². The lowest BCUT2D eigenvalue weighted by Crippen LogP contribution is -2.29. The molecular weight excluding hydrogens is 418 g/mol. The van der Waals surface area contributed by atoms with Crippen molar-refractivity contribution in [1.29, 1.82) is 0 Å². The van der Waals surface area contributed by atoms with Crippen molar-refractivity contribution in [3.63, 3.8) is 0 Å². The molecule has 2 aromatic rings. The quantitative estimate of drug-likeness (QED) is 0.420. The number of benzene rings is 1. The van der Waals surface area contributed by atoms with Crippen LogP contribution in [0, 0.1) is 0 Å². The molecule has 3 rings (SSSR count). The van der Waals surface area contributed by atoms with Gasteiger partial charge >= 0.3 is 0 Å². The molecule has 8 heteroatoms. The molecule has 1 aliphatic rings. The van der Waals surface area contributed by atoms with Gasteiger partial charge in [-0.2, -0.15) is 0 Å². The van der Waals surface area contributed by atoms with Gasteiger partial charge in [0.25, 0.3) is 11.8 Å². The Morgan fingerprint density at radius 2 is 1.77 bits per heavy atom. The first-order valence-electron chi connectivity index (χ1n) is 7.79. The summed E-state index contributed by atoms with van der Waals surface area (Å²) in [6, 6.07) is 8.31. The summed E-state index contributed by atoms with van der Waals surface area (Å²) in [5.41, 5.74) is 1.57. The van der Waals surface area contributed by atoms with E-state index in [1.54, 1.807) is 30.3 Å². The summed E-state index contributed by atoms with van der Waals surface area (Å²) in [5, 5.41) is 0. The van der Waals surface area contributed by atoms with E-state index in [2.05, 4.69) is 25.3 Å². The van der Waals surface area contributed by atoms with Crippen molar-refractivity contribution in [3.8, 4) is 0 Å². The lowest BCUT2D eigenvalue weighted by atomic mass is 10.1. The highest BCUT2D eigenvalue weighted by molar-refractivity contribution is 9.10. The second kappa shape index (κ2) is 6.94. The van der Waals surface area contributed by atoms with Crippen molar-refractivity contribution in [3.05, 3.63) is 57.8 Å². The Hall–Kier alpha value is -2.03. The van der Waals surface area contributed by atoms with Gasteiger partial charge in [-0.05, 0) is 54.9 Å². The van der Waals surface area contributed by atoms with Gasteiger partial charge in [-0.3, -0.25) is 14.6 Å². The highest BCUT2D eigenvalue weighted by atomic mass is 79.9. The van der Waals surface area contributed by atoms with E-state index in [0.717, 1.165) is 4.90 Å². The third-order valence-corrected chi connectivity index (χ3v) is 5.68. The van der Waals surface area contributed by atoms with Crippen molar-refractivity contribution in [2.24, 2.45) is 4.40 Å². The number of fused-ring (bicyclic) bond motifs is 1. The first-order valence-corrected chi connectivity index (χ1v) is 9.69. The van der Waals surface area contributed by atoms with Gasteiger partial charge in [0.05, 0.1) is 23.0 Å². The van der Waals surface area contributed by atoms with Gasteiger partial charge in [-0.25, -0.2) is 4.90 Å². The van der Waals surface area contributed by atoms with E-state index in [4.69, 9.17) is 0 Å². The molecule has 1 aromatic carbocycles. The van der Waals surface area contributed by atoms with Crippen LogP contribution < -0.4 is 4.90 Å². The van der Waals surface area contributed by atoms with Crippen molar-refractivity contribution >= 4 is 51.0 Å². The summed E-state index contributed by atoms with van der Waals surface area (Å²) in [5.74, 6) is -0.760. The van der Waals surface area contributed by atoms with Crippen LogP contribution >= 0.6 is 15.9 Å². The predicted octanol–water partition coefficient (Wildman–Crippen LogP) is 3.53. The van der Waals surface area contributed by atoms with Crippen molar-refractivity contribution in [2.45, 2.75) is 25.5 Å². The summed E-state index contributed by atoms with van der Waals surface area (Å²) < 4.78 is 16.1. The van der Waals surface area contributed by atoms with Gasteiger partial charge in [0.1, 0.15) is 28.0 Å². The molecule has 0 aliphatic carbocycles. The number of carbonyl (C=O) groups excluding carboxylic acids is 2. The Balaban J connectivity index is 1.89. The molecule has 0 bridgehead atoms. The number of rotatable bonds is 3. The Labute approximate surface area is 162 Å². The van der Waals surface area contributed by atoms with E-state index < -0.39 is 16.1 Å². The summed E-state index contributed by atoms with van der Waals surface area (Å²) in [6.45, 7) is 5.48. The molecule has 0 N–H and O–H groups in total. The standard InChI is InChI=1S/C18H16BrN3O3S/c1-18(2,3)26(25)21-10-15-14(19)8-11(9-20-15)22-16(23)12-6-4-5-7-13(12)17(22)24/h4-10H,1-3H3. The van der Waals surface area contributed by atoms with Crippen LogP contribution in [0.2, 0.25) is 0 Å². The average molecular weight is 434 g/mol. The highest BCUT2D eigenvalue weighted by Gasteiger charge is 2.36. The number of halogens is 1. The molecule has 0 spiro atoms. The second-order valence-electron chi connectivity index (χ2n) is 6.65. The summed E-state index contributed by atoms with van der Waals surface area (Å²) >= 11 is 1.97. The fourth-order valence-electron chi connectivity index (χ4n) is 2.34. The van der Waals surface area contributed by atoms with Gasteiger partial charge in [0.2, 0.25) is 0 Å². The van der Waals surface area contributed by atoms with Crippen LogP contribution in [0.1, 0.15) is 47.2 Å². The molecule has 0 saturated carbocycles. The molecule has 0 radical (unpaired) electrons. The highest BCUT2D eigenvalue weighted by Crippen LogP contribution is 2.30. The maximum Gasteiger partial charge on any atom is 0.266 e. The van der Waals surface area contributed by atoms with Gasteiger partial charge < -0.3 is 4.55 Å². The zero-order valence-corrected chi connectivity index (χ0v) is 16.8. The van der Waals surface area contributed by atoms with E-state index in [1.165, 1.54) is 12.4 Å². The number of hydrogen-bond acceptors (Lipinski definition) is 5. The minimum Gasteiger partial charge on any atom is -0.591 e. The maximum atomic E-state index is 12.5. The Morgan fingerprint density at radius 3 is 2.27 bits per heavy atom. The smallest absolute Gasteiger partial charge is 0.266 e. The van der Waals surface area contributed by atoms with Crippen LogP contribution in [-0.4, -0.2) is 32.3 Å². The van der Waals surface area contributed by atoms with Crippen molar-refractivity contribution in [2.75, 3.05) is 4.90 Å². The summed E-state index contributed by atoms with van der Waals surface area (Å²) in [4.78, 5) is 30.4. The SMILES string of the molecule is CC(C)(C)[S+]([O-])N=Cc1ncc(N2C(=O)c3ccccc3C2=O)cc1Br. The molecule has 1 aliphatic heterocycles. The van der Waals surface area contributed by atoms with Gasteiger partial charge in [0, 0.05) is 4.47 Å². The first kappa shape index (κ1) is 18.8. The number of nitrogens with zero attached hydrogens (tertiary/aromatic N) is 3. The van der Waals surface area contributed by atoms with Crippen LogP contribution in [0.25, 0.3) is 0 Å². The number of aromatic nitrogens is 1. The fraction of sp³-hybridized carbons (Fsp3) is 0.222. The largest absolute Gasteiger partial charge is 0.591 e. The maximum absolute atomic E-state index is 12.5. The van der Waals surface area contributed by atoms with E-state index in [-0.39, 0.29) is 11.8 Å². The number of amides is 2. The molecule has 2 amide bonds. The molecular formula is C18H16BrN3O3S. The molecule has 134 valence electrons. The number of hydrogen-bond donors (Lipinski definition) is 0. The molecule has 6 nitrogen and oxygen atoms in total. The monoisotopic (exact) mass is 433 g/mol. The van der Waals surface area contributed by atoms with Crippen molar-refractivity contribution in [1.82, 2.24) is 4.98 Å². The zero-order valence-electron chi connectivity index (χ0n) is 14.4. The molecule has 1 aromatic heterocycles. The second-order valence-corrected chi connectivity index (χ2v) is 9.44. The normalized spacial score (nSPS) is 15.7. The summed E-state index contributed by atoms with van der Waals surface area (Å²) in [7, 11) is 0. The molecule has 1 atom stereocenters. The topological polar surface area (TPSA) is 85.7 Å². The van der Waals surface area contributed by atoms with E-state index in [1.807, 2.05) is 20.8 Å². The van der Waals surface area contributed by atoms with Crippen molar-refractivity contribution < 1.29 is 14.1 Å². The van der Waals surface area contributed by atoms with Gasteiger partial charge in [-0.1, -0.05) is 16.5 Å². The number of pyridine rings is 1.